The molecule has 1 saturated carbocycles. The molecule has 2 nitrogen and oxygen atoms in total. The van der Waals surface area contributed by atoms with Gasteiger partial charge in [0.25, 0.3) is 0 Å². The maximum atomic E-state index is 4.12. The third-order valence-corrected chi connectivity index (χ3v) is 7.34. The lowest BCUT2D eigenvalue weighted by Crippen LogP contribution is -2.52. The molecule has 5 rings (SSSR count). The second-order valence-electron chi connectivity index (χ2n) is 9.12. The molecule has 2 aromatic carbocycles. The third kappa shape index (κ3) is 3.77. The van der Waals surface area contributed by atoms with Crippen LogP contribution in [0, 0.1) is 0 Å². The zero-order valence-corrected chi connectivity index (χ0v) is 17.0. The summed E-state index contributed by atoms with van der Waals surface area (Å²) in [5.41, 5.74) is 6.24. The highest BCUT2D eigenvalue weighted by molar-refractivity contribution is 5.33. The van der Waals surface area contributed by atoms with Gasteiger partial charge in [0.1, 0.15) is 0 Å². The van der Waals surface area contributed by atoms with Crippen LogP contribution in [0.2, 0.25) is 0 Å². The molecule has 0 spiro atoms. The first-order chi connectivity index (χ1) is 13.9. The summed E-state index contributed by atoms with van der Waals surface area (Å²) in [6.45, 7) is 0. The molecule has 0 aliphatic heterocycles. The summed E-state index contributed by atoms with van der Waals surface area (Å²) in [5.74, 6) is 0. The standard InChI is InChI=1S/C26H34N2/c1-3-13-21-19(9-1)11-7-17-23(21)27-25-15-5-6-16-26(25)28-24-18-8-12-20-10-2-4-14-22(20)24/h1-4,9-10,13-14,23-28H,5-8,11-12,15-18H2/t23?,24?,25-,26-/m0/s1. The predicted octanol–water partition coefficient (Wildman–Crippen LogP) is 5.63. The fourth-order valence-electron chi connectivity index (χ4n) is 5.90. The second-order valence-corrected chi connectivity index (χ2v) is 9.12. The van der Waals surface area contributed by atoms with Gasteiger partial charge >= 0.3 is 0 Å². The molecule has 3 aliphatic rings. The Balaban J connectivity index is 1.32. The van der Waals surface area contributed by atoms with Crippen LogP contribution in [0.3, 0.4) is 0 Å². The minimum Gasteiger partial charge on any atom is -0.306 e. The van der Waals surface area contributed by atoms with Gasteiger partial charge in [-0.2, -0.15) is 0 Å². The lowest BCUT2D eigenvalue weighted by atomic mass is 9.83. The van der Waals surface area contributed by atoms with Crippen molar-refractivity contribution in [1.29, 1.82) is 0 Å². The first-order valence-electron chi connectivity index (χ1n) is 11.6. The van der Waals surface area contributed by atoms with Crippen LogP contribution in [0.4, 0.5) is 0 Å². The van der Waals surface area contributed by atoms with Crippen LogP contribution in [0.1, 0.15) is 85.7 Å². The van der Waals surface area contributed by atoms with Gasteiger partial charge in [-0.15, -0.1) is 0 Å². The zero-order chi connectivity index (χ0) is 18.8. The fourth-order valence-corrected chi connectivity index (χ4v) is 5.90. The van der Waals surface area contributed by atoms with E-state index >= 15 is 0 Å². The van der Waals surface area contributed by atoms with Crippen molar-refractivity contribution < 1.29 is 0 Å². The van der Waals surface area contributed by atoms with E-state index in [0.29, 0.717) is 24.2 Å². The Hall–Kier alpha value is -1.64. The normalized spacial score (nSPS) is 29.7. The molecule has 2 heteroatoms. The molecule has 0 bridgehead atoms. The molecular formula is C26H34N2. The van der Waals surface area contributed by atoms with E-state index in [1.165, 1.54) is 64.2 Å². The van der Waals surface area contributed by atoms with E-state index in [2.05, 4.69) is 59.2 Å². The van der Waals surface area contributed by atoms with Gasteiger partial charge in [-0.1, -0.05) is 61.4 Å². The second kappa shape index (κ2) is 8.39. The van der Waals surface area contributed by atoms with Crippen LogP contribution in [-0.4, -0.2) is 12.1 Å². The number of benzene rings is 2. The lowest BCUT2D eigenvalue weighted by Gasteiger charge is -2.40. The van der Waals surface area contributed by atoms with E-state index in [0.717, 1.165) is 0 Å². The highest BCUT2D eigenvalue weighted by atomic mass is 15.1. The van der Waals surface area contributed by atoms with Crippen molar-refractivity contribution >= 4 is 0 Å². The van der Waals surface area contributed by atoms with Crippen LogP contribution in [0.25, 0.3) is 0 Å². The highest BCUT2D eigenvalue weighted by Gasteiger charge is 2.31. The van der Waals surface area contributed by atoms with E-state index in [-0.39, 0.29) is 0 Å². The van der Waals surface area contributed by atoms with Gasteiger partial charge in [0.2, 0.25) is 0 Å². The number of aryl methyl sites for hydroxylation is 2. The average Bonchev–Trinajstić information content (AvgIpc) is 2.76. The summed E-state index contributed by atoms with van der Waals surface area (Å²) in [7, 11) is 0. The van der Waals surface area contributed by atoms with E-state index < -0.39 is 0 Å². The summed E-state index contributed by atoms with van der Waals surface area (Å²) < 4.78 is 0. The first-order valence-corrected chi connectivity index (χ1v) is 11.6. The maximum Gasteiger partial charge on any atom is 0.0326 e. The molecule has 0 heterocycles. The molecule has 3 aliphatic carbocycles. The molecule has 0 aromatic heterocycles. The molecule has 28 heavy (non-hydrogen) atoms. The lowest BCUT2D eigenvalue weighted by molar-refractivity contribution is 0.233. The molecule has 4 atom stereocenters. The largest absolute Gasteiger partial charge is 0.306 e. The molecule has 0 radical (unpaired) electrons. The Morgan fingerprint density at radius 1 is 0.536 bits per heavy atom. The average molecular weight is 375 g/mol. The van der Waals surface area contributed by atoms with Gasteiger partial charge in [0.15, 0.2) is 0 Å². The van der Waals surface area contributed by atoms with Gasteiger partial charge in [-0.25, -0.2) is 0 Å². The molecular weight excluding hydrogens is 340 g/mol. The Bertz CT molecular complexity index is 731. The third-order valence-electron chi connectivity index (χ3n) is 7.34. The van der Waals surface area contributed by atoms with Crippen molar-refractivity contribution in [3.05, 3.63) is 70.8 Å². The fraction of sp³-hybridized carbons (Fsp3) is 0.538. The molecule has 0 saturated heterocycles. The van der Waals surface area contributed by atoms with Crippen molar-refractivity contribution in [2.75, 3.05) is 0 Å². The van der Waals surface area contributed by atoms with E-state index in [1.807, 2.05) is 0 Å². The quantitative estimate of drug-likeness (QED) is 0.724. The van der Waals surface area contributed by atoms with Crippen molar-refractivity contribution in [2.24, 2.45) is 0 Å². The number of hydrogen-bond acceptors (Lipinski definition) is 2. The van der Waals surface area contributed by atoms with Crippen molar-refractivity contribution in [2.45, 2.75) is 88.4 Å². The van der Waals surface area contributed by atoms with Crippen molar-refractivity contribution in [1.82, 2.24) is 10.6 Å². The van der Waals surface area contributed by atoms with Crippen LogP contribution in [-0.2, 0) is 12.8 Å². The Morgan fingerprint density at radius 3 is 1.50 bits per heavy atom. The molecule has 2 aromatic rings. The smallest absolute Gasteiger partial charge is 0.0326 e. The van der Waals surface area contributed by atoms with Crippen LogP contribution in [0.15, 0.2) is 48.5 Å². The summed E-state index contributed by atoms with van der Waals surface area (Å²) in [6, 6.07) is 20.5. The predicted molar refractivity (Wildman–Crippen MR) is 117 cm³/mol. The van der Waals surface area contributed by atoms with E-state index in [9.17, 15) is 0 Å². The molecule has 0 amide bonds. The number of rotatable bonds is 4. The summed E-state index contributed by atoms with van der Waals surface area (Å²) >= 11 is 0. The number of nitrogens with one attached hydrogen (secondary N) is 2. The summed E-state index contributed by atoms with van der Waals surface area (Å²) in [4.78, 5) is 0. The van der Waals surface area contributed by atoms with Gasteiger partial charge in [-0.3, -0.25) is 0 Å². The molecule has 2 N–H and O–H groups in total. The Morgan fingerprint density at radius 2 is 1.00 bits per heavy atom. The van der Waals surface area contributed by atoms with E-state index in [4.69, 9.17) is 0 Å². The minimum absolute atomic E-state index is 0.538. The van der Waals surface area contributed by atoms with Crippen molar-refractivity contribution in [3.8, 4) is 0 Å². The summed E-state index contributed by atoms with van der Waals surface area (Å²) in [6.07, 6.45) is 13.1. The van der Waals surface area contributed by atoms with Gasteiger partial charge in [0.05, 0.1) is 0 Å². The Labute approximate surface area is 170 Å². The number of hydrogen-bond donors (Lipinski definition) is 2. The van der Waals surface area contributed by atoms with Crippen LogP contribution in [0.5, 0.6) is 0 Å². The number of fused-ring (bicyclic) bond motifs is 2. The van der Waals surface area contributed by atoms with Crippen LogP contribution < -0.4 is 10.6 Å². The zero-order valence-electron chi connectivity index (χ0n) is 17.0. The van der Waals surface area contributed by atoms with E-state index in [1.54, 1.807) is 22.3 Å². The monoisotopic (exact) mass is 374 g/mol. The van der Waals surface area contributed by atoms with Gasteiger partial charge < -0.3 is 10.6 Å². The van der Waals surface area contributed by atoms with Crippen molar-refractivity contribution in [3.63, 3.8) is 0 Å². The SMILES string of the molecule is c1ccc2c(c1)CCCC2N[C@H]1CCCC[C@@H]1NC1CCCc2ccccc21. The van der Waals surface area contributed by atoms with Crippen LogP contribution >= 0.6 is 0 Å². The highest BCUT2D eigenvalue weighted by Crippen LogP contribution is 2.34. The minimum atomic E-state index is 0.538. The maximum absolute atomic E-state index is 4.12. The molecule has 148 valence electrons. The first kappa shape index (κ1) is 18.4. The van der Waals surface area contributed by atoms with Gasteiger partial charge in [-0.05, 0) is 73.6 Å². The topological polar surface area (TPSA) is 24.1 Å². The summed E-state index contributed by atoms with van der Waals surface area (Å²) in [5, 5.41) is 8.23. The molecule has 2 unspecified atom stereocenters. The molecule has 1 fully saturated rings. The Kier molecular flexibility index (Phi) is 5.51. The van der Waals surface area contributed by atoms with Gasteiger partial charge in [0, 0.05) is 24.2 Å².